The van der Waals surface area contributed by atoms with Gasteiger partial charge in [0, 0.05) is 42.8 Å². The maximum atomic E-state index is 13.3. The second kappa shape index (κ2) is 8.07. The molecule has 2 aromatic heterocycles. The van der Waals surface area contributed by atoms with E-state index in [9.17, 15) is 4.79 Å². The van der Waals surface area contributed by atoms with E-state index in [0.717, 1.165) is 12.0 Å². The van der Waals surface area contributed by atoms with Gasteiger partial charge in [-0.1, -0.05) is 18.2 Å². The van der Waals surface area contributed by atoms with Gasteiger partial charge in [-0.05, 0) is 37.6 Å². The highest BCUT2D eigenvalue weighted by Gasteiger charge is 2.34. The largest absolute Gasteiger partial charge is 0.365 e. The average molecular weight is 384 g/mol. The number of hydrogen-bond acceptors (Lipinski definition) is 6. The summed E-state index contributed by atoms with van der Waals surface area (Å²) in [7, 11) is 0. The first-order chi connectivity index (χ1) is 14.2. The first kappa shape index (κ1) is 18.6. The van der Waals surface area contributed by atoms with E-state index in [1.807, 2.05) is 36.1 Å². The number of nitriles is 1. The molecule has 2 atom stereocenters. The summed E-state index contributed by atoms with van der Waals surface area (Å²) in [6, 6.07) is 14.8. The summed E-state index contributed by atoms with van der Waals surface area (Å²) in [5.74, 6) is 1.15. The molecule has 1 saturated heterocycles. The Hall–Kier alpha value is -3.79. The molecule has 3 heterocycles. The van der Waals surface area contributed by atoms with Crippen molar-refractivity contribution >= 4 is 11.7 Å². The molecule has 0 unspecified atom stereocenters. The van der Waals surface area contributed by atoms with Crippen LogP contribution < -0.4 is 5.32 Å². The molecule has 1 aliphatic heterocycles. The minimum Gasteiger partial charge on any atom is -0.365 e. The second-order valence-electron chi connectivity index (χ2n) is 7.04. The molecule has 7 nitrogen and oxygen atoms in total. The molecule has 0 saturated carbocycles. The van der Waals surface area contributed by atoms with Crippen LogP contribution in [0.3, 0.4) is 0 Å². The van der Waals surface area contributed by atoms with Crippen LogP contribution in [0.1, 0.15) is 29.3 Å². The van der Waals surface area contributed by atoms with Gasteiger partial charge >= 0.3 is 0 Å². The molecular weight excluding hydrogens is 364 g/mol. The molecule has 1 amide bonds. The van der Waals surface area contributed by atoms with Crippen LogP contribution >= 0.6 is 0 Å². The van der Waals surface area contributed by atoms with E-state index >= 15 is 0 Å². The van der Waals surface area contributed by atoms with E-state index in [2.05, 4.69) is 26.3 Å². The van der Waals surface area contributed by atoms with Crippen LogP contribution in [0.25, 0.3) is 11.4 Å². The van der Waals surface area contributed by atoms with Crippen LogP contribution in [0.5, 0.6) is 0 Å². The SMILES string of the molecule is C[C@@H]1C[C@@H](Nc2cc(C#N)ccn2)CN1C(=O)c1ccccc1-c1ncccn1. The molecule has 1 fully saturated rings. The number of pyridine rings is 1. The van der Waals surface area contributed by atoms with Gasteiger partial charge in [0.15, 0.2) is 5.82 Å². The highest BCUT2D eigenvalue weighted by molar-refractivity contribution is 6.00. The van der Waals surface area contributed by atoms with E-state index in [1.165, 1.54) is 0 Å². The summed E-state index contributed by atoms with van der Waals surface area (Å²) in [6.45, 7) is 2.60. The lowest BCUT2D eigenvalue weighted by atomic mass is 10.1. The number of carbonyl (C=O) groups excluding carboxylic acids is 1. The van der Waals surface area contributed by atoms with E-state index in [4.69, 9.17) is 5.26 Å². The number of anilines is 1. The molecule has 0 spiro atoms. The molecule has 1 N–H and O–H groups in total. The van der Waals surface area contributed by atoms with Crippen molar-refractivity contribution in [1.29, 1.82) is 5.26 Å². The minimum absolute atomic E-state index is 0.0383. The zero-order valence-corrected chi connectivity index (χ0v) is 16.0. The molecule has 7 heteroatoms. The third-order valence-electron chi connectivity index (χ3n) is 5.04. The fraction of sp³-hybridized carbons (Fsp3) is 0.227. The number of likely N-dealkylation sites (tertiary alicyclic amines) is 1. The monoisotopic (exact) mass is 384 g/mol. The molecule has 4 rings (SSSR count). The van der Waals surface area contributed by atoms with Crippen molar-refractivity contribution in [3.05, 3.63) is 72.2 Å². The van der Waals surface area contributed by atoms with Crippen molar-refractivity contribution in [2.45, 2.75) is 25.4 Å². The number of benzene rings is 1. The topological polar surface area (TPSA) is 94.8 Å². The Kier molecular flexibility index (Phi) is 5.16. The van der Waals surface area contributed by atoms with Crippen LogP contribution in [0.2, 0.25) is 0 Å². The van der Waals surface area contributed by atoms with Gasteiger partial charge in [-0.2, -0.15) is 5.26 Å². The molecule has 1 aromatic carbocycles. The van der Waals surface area contributed by atoms with E-state index in [0.29, 0.717) is 29.3 Å². The summed E-state index contributed by atoms with van der Waals surface area (Å²) in [4.78, 5) is 28.1. The van der Waals surface area contributed by atoms with Crippen molar-refractivity contribution < 1.29 is 4.79 Å². The normalized spacial score (nSPS) is 18.3. The van der Waals surface area contributed by atoms with Gasteiger partial charge in [-0.25, -0.2) is 15.0 Å². The van der Waals surface area contributed by atoms with Gasteiger partial charge in [0.05, 0.1) is 17.2 Å². The van der Waals surface area contributed by atoms with Crippen LogP contribution in [0, 0.1) is 11.3 Å². The standard InChI is InChI=1S/C22H20N6O/c1-15-11-17(27-20-12-16(13-23)7-10-24-20)14-28(15)22(29)19-6-3-2-5-18(19)21-25-8-4-9-26-21/h2-10,12,15,17H,11,14H2,1H3,(H,24,27)/t15-,17-/m1/s1. The second-order valence-corrected chi connectivity index (χ2v) is 7.04. The summed E-state index contributed by atoms with van der Waals surface area (Å²) >= 11 is 0. The van der Waals surface area contributed by atoms with E-state index in [-0.39, 0.29) is 18.0 Å². The Bertz CT molecular complexity index is 1060. The van der Waals surface area contributed by atoms with Gasteiger partial charge in [0.25, 0.3) is 5.91 Å². The summed E-state index contributed by atoms with van der Waals surface area (Å²) in [5, 5.41) is 12.4. The Morgan fingerprint density at radius 3 is 2.72 bits per heavy atom. The van der Waals surface area contributed by atoms with Gasteiger partial charge < -0.3 is 10.2 Å². The zero-order chi connectivity index (χ0) is 20.2. The molecular formula is C22H20N6O. The summed E-state index contributed by atoms with van der Waals surface area (Å²) in [5.41, 5.74) is 1.87. The average Bonchev–Trinajstić information content (AvgIpc) is 3.13. The summed E-state index contributed by atoms with van der Waals surface area (Å²) in [6.07, 6.45) is 5.75. The first-order valence-electron chi connectivity index (χ1n) is 9.46. The highest BCUT2D eigenvalue weighted by atomic mass is 16.2. The zero-order valence-electron chi connectivity index (χ0n) is 16.0. The Morgan fingerprint density at radius 1 is 1.14 bits per heavy atom. The maximum Gasteiger partial charge on any atom is 0.254 e. The molecule has 144 valence electrons. The molecule has 0 aliphatic carbocycles. The smallest absolute Gasteiger partial charge is 0.254 e. The quantitative estimate of drug-likeness (QED) is 0.743. The predicted molar refractivity (Wildman–Crippen MR) is 109 cm³/mol. The minimum atomic E-state index is -0.0383. The number of amides is 1. The Labute approximate surface area is 169 Å². The van der Waals surface area contributed by atoms with Crippen LogP contribution in [0.4, 0.5) is 5.82 Å². The number of aromatic nitrogens is 3. The van der Waals surface area contributed by atoms with Crippen LogP contribution in [-0.4, -0.2) is 44.4 Å². The van der Waals surface area contributed by atoms with E-state index in [1.54, 1.807) is 36.8 Å². The lowest BCUT2D eigenvalue weighted by Crippen LogP contribution is -2.35. The van der Waals surface area contributed by atoms with Crippen molar-refractivity contribution in [3.8, 4) is 17.5 Å². The lowest BCUT2D eigenvalue weighted by Gasteiger charge is -2.22. The van der Waals surface area contributed by atoms with Gasteiger partial charge in [0.1, 0.15) is 5.82 Å². The Morgan fingerprint density at radius 2 is 1.93 bits per heavy atom. The lowest BCUT2D eigenvalue weighted by molar-refractivity contribution is 0.0747. The number of carbonyl (C=O) groups is 1. The highest BCUT2D eigenvalue weighted by Crippen LogP contribution is 2.26. The van der Waals surface area contributed by atoms with Crippen molar-refractivity contribution in [3.63, 3.8) is 0 Å². The molecule has 0 radical (unpaired) electrons. The number of nitrogens with one attached hydrogen (secondary N) is 1. The number of rotatable bonds is 4. The van der Waals surface area contributed by atoms with Crippen molar-refractivity contribution in [1.82, 2.24) is 19.9 Å². The fourth-order valence-corrected chi connectivity index (χ4v) is 3.66. The van der Waals surface area contributed by atoms with Crippen molar-refractivity contribution in [2.24, 2.45) is 0 Å². The van der Waals surface area contributed by atoms with Crippen molar-refractivity contribution in [2.75, 3.05) is 11.9 Å². The Balaban J connectivity index is 1.54. The van der Waals surface area contributed by atoms with E-state index < -0.39 is 0 Å². The maximum absolute atomic E-state index is 13.3. The van der Waals surface area contributed by atoms with Gasteiger partial charge in [-0.3, -0.25) is 4.79 Å². The molecule has 29 heavy (non-hydrogen) atoms. The van der Waals surface area contributed by atoms with Gasteiger partial charge in [-0.15, -0.1) is 0 Å². The first-order valence-corrected chi connectivity index (χ1v) is 9.46. The molecule has 0 bridgehead atoms. The number of hydrogen-bond donors (Lipinski definition) is 1. The number of nitrogens with zero attached hydrogens (tertiary/aromatic N) is 5. The molecule has 3 aromatic rings. The van der Waals surface area contributed by atoms with Gasteiger partial charge in [0.2, 0.25) is 0 Å². The molecule has 1 aliphatic rings. The summed E-state index contributed by atoms with van der Waals surface area (Å²) < 4.78 is 0. The third-order valence-corrected chi connectivity index (χ3v) is 5.04. The van der Waals surface area contributed by atoms with Crippen LogP contribution in [-0.2, 0) is 0 Å². The third kappa shape index (κ3) is 3.92. The fourth-order valence-electron chi connectivity index (χ4n) is 3.66. The van der Waals surface area contributed by atoms with Crippen LogP contribution in [0.15, 0.2) is 61.1 Å². The predicted octanol–water partition coefficient (Wildman–Crippen LogP) is 3.13.